The summed E-state index contributed by atoms with van der Waals surface area (Å²) >= 11 is 0. The molecule has 0 saturated heterocycles. The zero-order valence-electron chi connectivity index (χ0n) is 10.9. The lowest BCUT2D eigenvalue weighted by molar-refractivity contribution is -0.115. The first-order valence-electron chi connectivity index (χ1n) is 6.37. The summed E-state index contributed by atoms with van der Waals surface area (Å²) in [5, 5.41) is 0. The van der Waals surface area contributed by atoms with E-state index in [1.54, 1.807) is 0 Å². The van der Waals surface area contributed by atoms with Gasteiger partial charge in [0.1, 0.15) is 0 Å². The van der Waals surface area contributed by atoms with Gasteiger partial charge in [-0.15, -0.1) is 0 Å². The standard InChI is InChI=1S/C15H24O/c1-15(2,3)11-6-4-5-8-13-9-7-10-14(16)12-13/h6,11-12H,4-5,7-10H2,1-3H3/b11-6-. The quantitative estimate of drug-likeness (QED) is 0.505. The van der Waals surface area contributed by atoms with Crippen molar-refractivity contribution < 1.29 is 4.79 Å². The van der Waals surface area contributed by atoms with E-state index in [2.05, 4.69) is 32.9 Å². The third kappa shape index (κ3) is 5.89. The van der Waals surface area contributed by atoms with E-state index in [9.17, 15) is 4.79 Å². The zero-order chi connectivity index (χ0) is 12.0. The molecule has 0 amide bonds. The number of hydrogen-bond acceptors (Lipinski definition) is 1. The minimum Gasteiger partial charge on any atom is -0.295 e. The molecule has 0 bridgehead atoms. The fourth-order valence-corrected chi connectivity index (χ4v) is 1.94. The van der Waals surface area contributed by atoms with Crippen LogP contribution in [0.15, 0.2) is 23.8 Å². The molecule has 0 fully saturated rings. The first-order valence-corrected chi connectivity index (χ1v) is 6.37. The first-order chi connectivity index (χ1) is 7.47. The molecule has 0 radical (unpaired) electrons. The molecule has 90 valence electrons. The second kappa shape index (κ2) is 6.03. The maximum atomic E-state index is 11.2. The normalized spacial score (nSPS) is 17.9. The number of ketones is 1. The highest BCUT2D eigenvalue weighted by Crippen LogP contribution is 2.21. The summed E-state index contributed by atoms with van der Waals surface area (Å²) in [5.41, 5.74) is 1.65. The summed E-state index contributed by atoms with van der Waals surface area (Å²) in [6.07, 6.45) is 12.8. The minimum absolute atomic E-state index is 0.292. The number of unbranched alkanes of at least 4 members (excludes halogenated alkanes) is 1. The Morgan fingerprint density at radius 3 is 2.69 bits per heavy atom. The molecule has 0 saturated carbocycles. The molecule has 0 N–H and O–H groups in total. The SMILES string of the molecule is CC(C)(C)/C=C\CCCC1=CC(=O)CCC1. The van der Waals surface area contributed by atoms with Crippen LogP contribution in [-0.4, -0.2) is 5.78 Å². The van der Waals surface area contributed by atoms with Crippen molar-refractivity contribution in [2.24, 2.45) is 5.41 Å². The second-order valence-corrected chi connectivity index (χ2v) is 5.78. The molecule has 0 unspecified atom stereocenters. The molecule has 1 heteroatoms. The average Bonchev–Trinajstić information content (AvgIpc) is 2.15. The van der Waals surface area contributed by atoms with Crippen LogP contribution in [0.4, 0.5) is 0 Å². The summed E-state index contributed by atoms with van der Waals surface area (Å²) in [5.74, 6) is 0.325. The van der Waals surface area contributed by atoms with Gasteiger partial charge in [0.15, 0.2) is 5.78 Å². The molecular weight excluding hydrogens is 196 g/mol. The van der Waals surface area contributed by atoms with Crippen molar-refractivity contribution in [1.29, 1.82) is 0 Å². The summed E-state index contributed by atoms with van der Waals surface area (Å²) in [6.45, 7) is 6.64. The van der Waals surface area contributed by atoms with E-state index in [1.165, 1.54) is 12.0 Å². The van der Waals surface area contributed by atoms with Gasteiger partial charge in [-0.05, 0) is 43.6 Å². The lowest BCUT2D eigenvalue weighted by atomic mass is 9.93. The van der Waals surface area contributed by atoms with Gasteiger partial charge in [-0.3, -0.25) is 4.79 Å². The van der Waals surface area contributed by atoms with Crippen molar-refractivity contribution >= 4 is 5.78 Å². The van der Waals surface area contributed by atoms with Crippen LogP contribution in [0.5, 0.6) is 0 Å². The summed E-state index contributed by atoms with van der Waals surface area (Å²) in [6, 6.07) is 0. The van der Waals surface area contributed by atoms with Gasteiger partial charge in [0.25, 0.3) is 0 Å². The van der Waals surface area contributed by atoms with Crippen molar-refractivity contribution in [1.82, 2.24) is 0 Å². The van der Waals surface area contributed by atoms with Crippen molar-refractivity contribution in [3.05, 3.63) is 23.8 Å². The largest absolute Gasteiger partial charge is 0.295 e. The average molecular weight is 220 g/mol. The molecule has 0 spiro atoms. The van der Waals surface area contributed by atoms with Crippen LogP contribution in [0.1, 0.15) is 59.3 Å². The Hall–Kier alpha value is -0.850. The number of carbonyl (C=O) groups is 1. The van der Waals surface area contributed by atoms with Crippen LogP contribution in [0, 0.1) is 5.41 Å². The van der Waals surface area contributed by atoms with Crippen molar-refractivity contribution in [3.63, 3.8) is 0 Å². The van der Waals surface area contributed by atoms with E-state index in [4.69, 9.17) is 0 Å². The highest BCUT2D eigenvalue weighted by Gasteiger charge is 2.09. The third-order valence-corrected chi connectivity index (χ3v) is 2.77. The van der Waals surface area contributed by atoms with E-state index in [0.29, 0.717) is 11.2 Å². The Morgan fingerprint density at radius 1 is 1.31 bits per heavy atom. The van der Waals surface area contributed by atoms with Crippen molar-refractivity contribution in [2.45, 2.75) is 59.3 Å². The van der Waals surface area contributed by atoms with Gasteiger partial charge in [-0.25, -0.2) is 0 Å². The van der Waals surface area contributed by atoms with Crippen LogP contribution in [0.2, 0.25) is 0 Å². The monoisotopic (exact) mass is 220 g/mol. The van der Waals surface area contributed by atoms with Crippen molar-refractivity contribution in [2.75, 3.05) is 0 Å². The highest BCUT2D eigenvalue weighted by atomic mass is 16.1. The maximum Gasteiger partial charge on any atom is 0.155 e. The molecular formula is C15H24O. The fraction of sp³-hybridized carbons (Fsp3) is 0.667. The predicted molar refractivity (Wildman–Crippen MR) is 69.4 cm³/mol. The summed E-state index contributed by atoms with van der Waals surface area (Å²) < 4.78 is 0. The van der Waals surface area contributed by atoms with Gasteiger partial charge in [-0.2, -0.15) is 0 Å². The highest BCUT2D eigenvalue weighted by molar-refractivity contribution is 5.91. The fourth-order valence-electron chi connectivity index (χ4n) is 1.94. The van der Waals surface area contributed by atoms with Crippen LogP contribution in [-0.2, 0) is 4.79 Å². The van der Waals surface area contributed by atoms with Crippen molar-refractivity contribution in [3.8, 4) is 0 Å². The molecule has 0 aliphatic heterocycles. The van der Waals surface area contributed by atoms with Gasteiger partial charge in [0, 0.05) is 6.42 Å². The molecule has 1 aliphatic rings. The van der Waals surface area contributed by atoms with Crippen LogP contribution >= 0.6 is 0 Å². The Kier molecular flexibility index (Phi) is 4.98. The molecule has 0 atom stereocenters. The number of rotatable bonds is 4. The third-order valence-electron chi connectivity index (χ3n) is 2.77. The van der Waals surface area contributed by atoms with Gasteiger partial charge < -0.3 is 0 Å². The summed E-state index contributed by atoms with van der Waals surface area (Å²) in [7, 11) is 0. The first kappa shape index (κ1) is 13.2. The zero-order valence-corrected chi connectivity index (χ0v) is 10.9. The lowest BCUT2D eigenvalue weighted by Gasteiger charge is -2.12. The Balaban J connectivity index is 2.21. The van der Waals surface area contributed by atoms with Gasteiger partial charge >= 0.3 is 0 Å². The van der Waals surface area contributed by atoms with Crippen LogP contribution in [0.3, 0.4) is 0 Å². The van der Waals surface area contributed by atoms with E-state index < -0.39 is 0 Å². The van der Waals surface area contributed by atoms with Gasteiger partial charge in [-0.1, -0.05) is 38.5 Å². The Bertz CT molecular complexity index is 289. The molecule has 0 aromatic heterocycles. The number of allylic oxidation sites excluding steroid dienone is 4. The molecule has 0 aromatic carbocycles. The van der Waals surface area contributed by atoms with Gasteiger partial charge in [0.2, 0.25) is 0 Å². The Morgan fingerprint density at radius 2 is 2.06 bits per heavy atom. The van der Waals surface area contributed by atoms with Crippen LogP contribution < -0.4 is 0 Å². The molecule has 0 heterocycles. The van der Waals surface area contributed by atoms with E-state index in [0.717, 1.165) is 32.1 Å². The van der Waals surface area contributed by atoms with Gasteiger partial charge in [0.05, 0.1) is 0 Å². The second-order valence-electron chi connectivity index (χ2n) is 5.78. The molecule has 1 rings (SSSR count). The maximum absolute atomic E-state index is 11.2. The minimum atomic E-state index is 0.292. The summed E-state index contributed by atoms with van der Waals surface area (Å²) in [4.78, 5) is 11.2. The molecule has 16 heavy (non-hydrogen) atoms. The topological polar surface area (TPSA) is 17.1 Å². The predicted octanol–water partition coefficient (Wildman–Crippen LogP) is 4.44. The van der Waals surface area contributed by atoms with Crippen LogP contribution in [0.25, 0.3) is 0 Å². The van der Waals surface area contributed by atoms with E-state index >= 15 is 0 Å². The van der Waals surface area contributed by atoms with E-state index in [1.807, 2.05) is 6.08 Å². The Labute approximate surface area is 99.6 Å². The molecule has 1 aliphatic carbocycles. The molecule has 0 aromatic rings. The molecule has 1 nitrogen and oxygen atoms in total. The number of carbonyl (C=O) groups excluding carboxylic acids is 1. The smallest absolute Gasteiger partial charge is 0.155 e. The lowest BCUT2D eigenvalue weighted by Crippen LogP contribution is -2.02. The number of hydrogen-bond donors (Lipinski definition) is 0. The van der Waals surface area contributed by atoms with E-state index in [-0.39, 0.29) is 0 Å².